The molecule has 1 saturated carbocycles. The highest BCUT2D eigenvalue weighted by Gasteiger charge is 2.21. The number of hydrogen-bond acceptors (Lipinski definition) is 1. The minimum atomic E-state index is 0.505. The molecule has 1 aliphatic carbocycles. The molecule has 1 heteroatoms. The van der Waals surface area contributed by atoms with E-state index in [9.17, 15) is 0 Å². The Bertz CT molecular complexity index is 817. The zero-order valence-corrected chi connectivity index (χ0v) is 15.2. The van der Waals surface area contributed by atoms with E-state index >= 15 is 0 Å². The highest BCUT2D eigenvalue weighted by atomic mass is 14.3. The molecule has 1 nitrogen and oxygen atoms in total. The summed E-state index contributed by atoms with van der Waals surface area (Å²) in [6, 6.07) is 18.9. The lowest BCUT2D eigenvalue weighted by molar-refractivity contribution is 0.384. The van der Waals surface area contributed by atoms with Crippen LogP contribution in [0.3, 0.4) is 0 Å². The van der Waals surface area contributed by atoms with Crippen molar-refractivity contribution in [1.82, 2.24) is 0 Å². The molecule has 0 radical (unpaired) electrons. The molecule has 0 bridgehead atoms. The number of hydrogen-bond donors (Lipinski definition) is 0. The summed E-state index contributed by atoms with van der Waals surface area (Å²) >= 11 is 0. The van der Waals surface area contributed by atoms with Crippen LogP contribution in [0.5, 0.6) is 0 Å². The number of nitriles is 1. The second-order valence-corrected chi connectivity index (χ2v) is 7.08. The Morgan fingerprint density at radius 3 is 2.19 bits per heavy atom. The van der Waals surface area contributed by atoms with Gasteiger partial charge in [-0.1, -0.05) is 42.2 Å². The molecule has 130 valence electrons. The van der Waals surface area contributed by atoms with Crippen molar-refractivity contribution in [2.24, 2.45) is 5.92 Å². The molecule has 0 saturated heterocycles. The number of aryl methyl sites for hydroxylation is 1. The molecule has 2 aromatic carbocycles. The average molecular weight is 339 g/mol. The molecule has 0 aromatic heterocycles. The standard InChI is InChI=1S/C25H25N/c1-2-3-4-20-5-7-21(8-6-20)9-10-22-11-15-24(16-12-22)25-17-13-23(19-26)14-18-25/h2,5-8,13-14,17-18,22,24H,1,3-4,11-12,15-16H2. The van der Waals surface area contributed by atoms with E-state index in [0.29, 0.717) is 11.8 Å². The van der Waals surface area contributed by atoms with Crippen LogP contribution in [-0.2, 0) is 6.42 Å². The van der Waals surface area contributed by atoms with E-state index in [0.717, 1.165) is 36.8 Å². The van der Waals surface area contributed by atoms with Gasteiger partial charge in [0, 0.05) is 11.5 Å². The van der Waals surface area contributed by atoms with Gasteiger partial charge < -0.3 is 0 Å². The Labute approximate surface area is 157 Å². The zero-order chi connectivity index (χ0) is 18.2. The Balaban J connectivity index is 1.53. The first-order valence-electron chi connectivity index (χ1n) is 9.50. The summed E-state index contributed by atoms with van der Waals surface area (Å²) in [7, 11) is 0. The maximum absolute atomic E-state index is 8.91. The average Bonchev–Trinajstić information content (AvgIpc) is 2.72. The molecule has 0 N–H and O–H groups in total. The smallest absolute Gasteiger partial charge is 0.0991 e. The Hall–Kier alpha value is -2.77. The van der Waals surface area contributed by atoms with E-state index in [4.69, 9.17) is 5.26 Å². The van der Waals surface area contributed by atoms with E-state index in [1.807, 2.05) is 18.2 Å². The predicted molar refractivity (Wildman–Crippen MR) is 108 cm³/mol. The van der Waals surface area contributed by atoms with Gasteiger partial charge in [-0.05, 0) is 79.8 Å². The molecule has 0 heterocycles. The van der Waals surface area contributed by atoms with E-state index in [1.54, 1.807) is 0 Å². The molecule has 1 aliphatic rings. The Morgan fingerprint density at radius 1 is 0.923 bits per heavy atom. The largest absolute Gasteiger partial charge is 0.192 e. The molecular weight excluding hydrogens is 314 g/mol. The summed E-state index contributed by atoms with van der Waals surface area (Å²) < 4.78 is 0. The number of benzene rings is 2. The first-order chi connectivity index (χ1) is 12.8. The quantitative estimate of drug-likeness (QED) is 0.495. The van der Waals surface area contributed by atoms with Crippen molar-refractivity contribution in [3.8, 4) is 17.9 Å². The van der Waals surface area contributed by atoms with Crippen LogP contribution in [0.25, 0.3) is 0 Å². The summed E-state index contributed by atoms with van der Waals surface area (Å²) in [6.45, 7) is 3.77. The second-order valence-electron chi connectivity index (χ2n) is 7.08. The van der Waals surface area contributed by atoms with Crippen LogP contribution in [0.15, 0.2) is 61.2 Å². The van der Waals surface area contributed by atoms with Gasteiger partial charge in [-0.3, -0.25) is 0 Å². The van der Waals surface area contributed by atoms with Crippen molar-refractivity contribution in [3.05, 3.63) is 83.4 Å². The third kappa shape index (κ3) is 4.87. The summed E-state index contributed by atoms with van der Waals surface area (Å²) in [5, 5.41) is 8.91. The SMILES string of the molecule is C=CCCc1ccc(C#CC2CCC(c3ccc(C#N)cc3)CC2)cc1. The van der Waals surface area contributed by atoms with Crippen molar-refractivity contribution >= 4 is 0 Å². The van der Waals surface area contributed by atoms with Crippen LogP contribution in [0.4, 0.5) is 0 Å². The van der Waals surface area contributed by atoms with Gasteiger partial charge in [-0.25, -0.2) is 0 Å². The van der Waals surface area contributed by atoms with Gasteiger partial charge in [0.25, 0.3) is 0 Å². The maximum Gasteiger partial charge on any atom is 0.0991 e. The van der Waals surface area contributed by atoms with E-state index < -0.39 is 0 Å². The molecule has 0 unspecified atom stereocenters. The van der Waals surface area contributed by atoms with Crippen LogP contribution in [0, 0.1) is 29.1 Å². The summed E-state index contributed by atoms with van der Waals surface area (Å²) in [4.78, 5) is 0. The van der Waals surface area contributed by atoms with Gasteiger partial charge in [0.05, 0.1) is 11.6 Å². The van der Waals surface area contributed by atoms with Gasteiger partial charge in [0.15, 0.2) is 0 Å². The summed E-state index contributed by atoms with van der Waals surface area (Å²) in [5.41, 5.74) is 4.56. The molecule has 0 amide bonds. The van der Waals surface area contributed by atoms with E-state index in [2.05, 4.69) is 60.9 Å². The first-order valence-corrected chi connectivity index (χ1v) is 9.50. The van der Waals surface area contributed by atoms with Crippen LogP contribution >= 0.6 is 0 Å². The molecule has 0 aliphatic heterocycles. The number of rotatable bonds is 4. The van der Waals surface area contributed by atoms with Gasteiger partial charge in [-0.2, -0.15) is 5.26 Å². The van der Waals surface area contributed by atoms with Crippen molar-refractivity contribution in [1.29, 1.82) is 5.26 Å². The fourth-order valence-corrected chi connectivity index (χ4v) is 3.61. The lowest BCUT2D eigenvalue weighted by Gasteiger charge is -2.26. The Morgan fingerprint density at radius 2 is 1.58 bits per heavy atom. The predicted octanol–water partition coefficient (Wildman–Crippen LogP) is 6.00. The van der Waals surface area contributed by atoms with Crippen molar-refractivity contribution in [3.63, 3.8) is 0 Å². The molecule has 3 rings (SSSR count). The molecule has 26 heavy (non-hydrogen) atoms. The third-order valence-corrected chi connectivity index (χ3v) is 5.25. The fraction of sp³-hybridized carbons (Fsp3) is 0.320. The monoisotopic (exact) mass is 339 g/mol. The molecule has 0 atom stereocenters. The van der Waals surface area contributed by atoms with E-state index in [1.165, 1.54) is 24.0 Å². The highest BCUT2D eigenvalue weighted by Crippen LogP contribution is 2.35. The Kier molecular flexibility index (Phi) is 6.29. The van der Waals surface area contributed by atoms with E-state index in [-0.39, 0.29) is 0 Å². The highest BCUT2D eigenvalue weighted by molar-refractivity contribution is 5.37. The third-order valence-electron chi connectivity index (χ3n) is 5.25. The van der Waals surface area contributed by atoms with Crippen molar-refractivity contribution in [2.45, 2.75) is 44.4 Å². The van der Waals surface area contributed by atoms with Gasteiger partial charge >= 0.3 is 0 Å². The van der Waals surface area contributed by atoms with Crippen molar-refractivity contribution in [2.75, 3.05) is 0 Å². The molecule has 0 spiro atoms. The topological polar surface area (TPSA) is 23.8 Å². The fourth-order valence-electron chi connectivity index (χ4n) is 3.61. The number of nitrogens with zero attached hydrogens (tertiary/aromatic N) is 1. The minimum Gasteiger partial charge on any atom is -0.192 e. The lowest BCUT2D eigenvalue weighted by Crippen LogP contribution is -2.12. The maximum atomic E-state index is 8.91. The number of allylic oxidation sites excluding steroid dienone is 1. The van der Waals surface area contributed by atoms with Gasteiger partial charge in [-0.15, -0.1) is 6.58 Å². The summed E-state index contributed by atoms with van der Waals surface area (Å²) in [5.74, 6) is 7.96. The van der Waals surface area contributed by atoms with Crippen LogP contribution < -0.4 is 0 Å². The zero-order valence-electron chi connectivity index (χ0n) is 15.2. The molecule has 2 aromatic rings. The lowest BCUT2D eigenvalue weighted by atomic mass is 9.79. The minimum absolute atomic E-state index is 0.505. The first kappa shape index (κ1) is 18.0. The van der Waals surface area contributed by atoms with Gasteiger partial charge in [0.1, 0.15) is 0 Å². The van der Waals surface area contributed by atoms with Gasteiger partial charge in [0.2, 0.25) is 0 Å². The second kappa shape index (κ2) is 9.07. The van der Waals surface area contributed by atoms with Crippen LogP contribution in [0.1, 0.15) is 60.3 Å². The van der Waals surface area contributed by atoms with Crippen LogP contribution in [0.2, 0.25) is 0 Å². The normalized spacial score (nSPS) is 19.0. The summed E-state index contributed by atoms with van der Waals surface area (Å²) in [6.07, 6.45) is 8.73. The van der Waals surface area contributed by atoms with Crippen LogP contribution in [-0.4, -0.2) is 0 Å². The molecular formula is C25H25N. The van der Waals surface area contributed by atoms with Crippen molar-refractivity contribution < 1.29 is 0 Å². The molecule has 1 fully saturated rings.